The second-order valence-electron chi connectivity index (χ2n) is 6.21. The fraction of sp³-hybridized carbons (Fsp3) is 0.350. The lowest BCUT2D eigenvalue weighted by atomic mass is 9.97. The summed E-state index contributed by atoms with van der Waals surface area (Å²) in [5.41, 5.74) is 4.41. The SMILES string of the molecule is COc1cc2c(cc1OC)C(CC(=O)Nc1ccccc1C)CC2. The molecule has 2 aromatic rings. The van der Waals surface area contributed by atoms with Gasteiger partial charge >= 0.3 is 0 Å². The number of hydrogen-bond donors (Lipinski definition) is 1. The van der Waals surface area contributed by atoms with Gasteiger partial charge in [-0.2, -0.15) is 0 Å². The second-order valence-corrected chi connectivity index (χ2v) is 6.21. The quantitative estimate of drug-likeness (QED) is 0.901. The van der Waals surface area contributed by atoms with E-state index in [1.165, 1.54) is 11.1 Å². The van der Waals surface area contributed by atoms with Crippen molar-refractivity contribution in [3.63, 3.8) is 0 Å². The standard InChI is InChI=1S/C20H23NO3/c1-13-6-4-5-7-17(13)21-20(22)11-15-9-8-14-10-18(23-2)19(24-3)12-16(14)15/h4-7,10,12,15H,8-9,11H2,1-3H3,(H,21,22). The number of fused-ring (bicyclic) bond motifs is 1. The molecule has 1 N–H and O–H groups in total. The van der Waals surface area contributed by atoms with E-state index in [0.717, 1.165) is 35.6 Å². The van der Waals surface area contributed by atoms with E-state index >= 15 is 0 Å². The highest BCUT2D eigenvalue weighted by Gasteiger charge is 2.27. The summed E-state index contributed by atoms with van der Waals surface area (Å²) < 4.78 is 10.8. The Morgan fingerprint density at radius 3 is 2.58 bits per heavy atom. The van der Waals surface area contributed by atoms with Gasteiger partial charge in [0, 0.05) is 12.1 Å². The molecular formula is C20H23NO3. The number of carbonyl (C=O) groups is 1. The summed E-state index contributed by atoms with van der Waals surface area (Å²) in [4.78, 5) is 12.4. The fourth-order valence-electron chi connectivity index (χ4n) is 3.37. The highest BCUT2D eigenvalue weighted by atomic mass is 16.5. The molecule has 0 aromatic heterocycles. The van der Waals surface area contributed by atoms with Gasteiger partial charge in [0.05, 0.1) is 14.2 Å². The van der Waals surface area contributed by atoms with E-state index in [1.807, 2.05) is 43.3 Å². The molecule has 0 radical (unpaired) electrons. The first-order chi connectivity index (χ1) is 11.6. The lowest BCUT2D eigenvalue weighted by Crippen LogP contribution is -2.15. The normalized spacial score (nSPS) is 15.7. The van der Waals surface area contributed by atoms with Gasteiger partial charge in [0.2, 0.25) is 5.91 Å². The van der Waals surface area contributed by atoms with Gasteiger partial charge in [-0.1, -0.05) is 18.2 Å². The minimum absolute atomic E-state index is 0.0527. The monoisotopic (exact) mass is 325 g/mol. The van der Waals surface area contributed by atoms with Crippen molar-refractivity contribution >= 4 is 11.6 Å². The van der Waals surface area contributed by atoms with Crippen molar-refractivity contribution in [3.8, 4) is 11.5 Å². The van der Waals surface area contributed by atoms with Crippen molar-refractivity contribution in [3.05, 3.63) is 53.1 Å². The number of ether oxygens (including phenoxy) is 2. The van der Waals surface area contributed by atoms with Gasteiger partial charge in [-0.05, 0) is 60.6 Å². The number of anilines is 1. The van der Waals surface area contributed by atoms with Crippen LogP contribution in [0.5, 0.6) is 11.5 Å². The largest absolute Gasteiger partial charge is 0.493 e. The van der Waals surface area contributed by atoms with Crippen molar-refractivity contribution in [1.82, 2.24) is 0 Å². The fourth-order valence-corrected chi connectivity index (χ4v) is 3.37. The molecule has 0 heterocycles. The number of amides is 1. The van der Waals surface area contributed by atoms with Crippen molar-refractivity contribution < 1.29 is 14.3 Å². The number of nitrogens with one attached hydrogen (secondary N) is 1. The van der Waals surface area contributed by atoms with E-state index in [1.54, 1.807) is 14.2 Å². The zero-order valence-corrected chi connectivity index (χ0v) is 14.4. The van der Waals surface area contributed by atoms with Crippen LogP contribution < -0.4 is 14.8 Å². The van der Waals surface area contributed by atoms with Crippen molar-refractivity contribution in [2.75, 3.05) is 19.5 Å². The Kier molecular flexibility index (Phi) is 4.74. The molecule has 0 saturated heterocycles. The van der Waals surface area contributed by atoms with Gasteiger partial charge < -0.3 is 14.8 Å². The highest BCUT2D eigenvalue weighted by molar-refractivity contribution is 5.92. The molecule has 2 aromatic carbocycles. The molecule has 1 amide bonds. The number of methoxy groups -OCH3 is 2. The van der Waals surface area contributed by atoms with Gasteiger partial charge in [0.15, 0.2) is 11.5 Å². The zero-order valence-electron chi connectivity index (χ0n) is 14.4. The molecule has 3 rings (SSSR count). The number of aryl methyl sites for hydroxylation is 2. The molecule has 0 saturated carbocycles. The van der Waals surface area contributed by atoms with Crippen LogP contribution in [0.25, 0.3) is 0 Å². The van der Waals surface area contributed by atoms with E-state index < -0.39 is 0 Å². The molecule has 0 aliphatic heterocycles. The summed E-state index contributed by atoms with van der Waals surface area (Å²) in [6.07, 6.45) is 2.43. The third-order valence-corrected chi connectivity index (χ3v) is 4.70. The number of para-hydroxylation sites is 1. The van der Waals surface area contributed by atoms with Crippen LogP contribution in [0.1, 0.15) is 35.4 Å². The van der Waals surface area contributed by atoms with E-state index in [9.17, 15) is 4.79 Å². The zero-order chi connectivity index (χ0) is 17.1. The number of carbonyl (C=O) groups excluding carboxylic acids is 1. The highest BCUT2D eigenvalue weighted by Crippen LogP contribution is 2.41. The van der Waals surface area contributed by atoms with Crippen molar-refractivity contribution in [2.45, 2.75) is 32.1 Å². The molecule has 4 nitrogen and oxygen atoms in total. The Bertz CT molecular complexity index is 755. The van der Waals surface area contributed by atoms with Gasteiger partial charge in [-0.25, -0.2) is 0 Å². The predicted octanol–water partition coefficient (Wildman–Crippen LogP) is 4.07. The Balaban J connectivity index is 1.74. The van der Waals surface area contributed by atoms with Crippen LogP contribution in [-0.4, -0.2) is 20.1 Å². The first kappa shape index (κ1) is 16.4. The van der Waals surface area contributed by atoms with E-state index in [4.69, 9.17) is 9.47 Å². The van der Waals surface area contributed by atoms with Crippen LogP contribution in [0, 0.1) is 6.92 Å². The summed E-state index contributed by atoms with van der Waals surface area (Å²) in [6.45, 7) is 2.00. The van der Waals surface area contributed by atoms with Gasteiger partial charge in [-0.3, -0.25) is 4.79 Å². The molecule has 126 valence electrons. The third-order valence-electron chi connectivity index (χ3n) is 4.70. The summed E-state index contributed by atoms with van der Waals surface area (Å²) in [7, 11) is 3.28. The van der Waals surface area contributed by atoms with Crippen LogP contribution >= 0.6 is 0 Å². The van der Waals surface area contributed by atoms with Crippen LogP contribution in [0.3, 0.4) is 0 Å². The van der Waals surface area contributed by atoms with E-state index in [0.29, 0.717) is 6.42 Å². The Hall–Kier alpha value is -2.49. The van der Waals surface area contributed by atoms with Crippen LogP contribution in [0.4, 0.5) is 5.69 Å². The Morgan fingerprint density at radius 1 is 1.17 bits per heavy atom. The predicted molar refractivity (Wildman–Crippen MR) is 95.0 cm³/mol. The smallest absolute Gasteiger partial charge is 0.224 e. The van der Waals surface area contributed by atoms with Crippen LogP contribution in [-0.2, 0) is 11.2 Å². The lowest BCUT2D eigenvalue weighted by Gasteiger charge is -2.15. The van der Waals surface area contributed by atoms with E-state index in [2.05, 4.69) is 5.32 Å². The maximum Gasteiger partial charge on any atom is 0.224 e. The second kappa shape index (κ2) is 6.95. The molecule has 1 unspecified atom stereocenters. The first-order valence-electron chi connectivity index (χ1n) is 8.22. The first-order valence-corrected chi connectivity index (χ1v) is 8.22. The van der Waals surface area contributed by atoms with Gasteiger partial charge in [0.25, 0.3) is 0 Å². The molecule has 0 bridgehead atoms. The average Bonchev–Trinajstić information content (AvgIpc) is 2.97. The summed E-state index contributed by atoms with van der Waals surface area (Å²) >= 11 is 0. The molecule has 24 heavy (non-hydrogen) atoms. The molecule has 4 heteroatoms. The number of hydrogen-bond acceptors (Lipinski definition) is 3. The molecule has 0 fully saturated rings. The summed E-state index contributed by atoms with van der Waals surface area (Å²) in [6, 6.07) is 11.9. The van der Waals surface area contributed by atoms with E-state index in [-0.39, 0.29) is 11.8 Å². The topological polar surface area (TPSA) is 47.6 Å². The maximum atomic E-state index is 12.4. The van der Waals surface area contributed by atoms with Gasteiger partial charge in [-0.15, -0.1) is 0 Å². The van der Waals surface area contributed by atoms with Gasteiger partial charge in [0.1, 0.15) is 0 Å². The van der Waals surface area contributed by atoms with Crippen molar-refractivity contribution in [1.29, 1.82) is 0 Å². The third kappa shape index (κ3) is 3.23. The Labute approximate surface area is 142 Å². The average molecular weight is 325 g/mol. The lowest BCUT2D eigenvalue weighted by molar-refractivity contribution is -0.116. The van der Waals surface area contributed by atoms with Crippen LogP contribution in [0.2, 0.25) is 0 Å². The molecule has 1 aliphatic rings. The maximum absolute atomic E-state index is 12.4. The minimum Gasteiger partial charge on any atom is -0.493 e. The molecular weight excluding hydrogens is 302 g/mol. The molecule has 1 aliphatic carbocycles. The molecule has 1 atom stereocenters. The minimum atomic E-state index is 0.0527. The van der Waals surface area contributed by atoms with Crippen LogP contribution in [0.15, 0.2) is 36.4 Å². The summed E-state index contributed by atoms with van der Waals surface area (Å²) in [5, 5.41) is 3.02. The van der Waals surface area contributed by atoms with Crippen molar-refractivity contribution in [2.24, 2.45) is 0 Å². The number of benzene rings is 2. The summed E-state index contributed by atoms with van der Waals surface area (Å²) in [5.74, 6) is 1.75. The Morgan fingerprint density at radius 2 is 1.88 bits per heavy atom. The molecule has 0 spiro atoms. The number of rotatable bonds is 5.